The predicted octanol–water partition coefficient (Wildman–Crippen LogP) is 5.05. The fourth-order valence-electron chi connectivity index (χ4n) is 6.16. The van der Waals surface area contributed by atoms with E-state index in [9.17, 15) is 17.1 Å². The predicted molar refractivity (Wildman–Crippen MR) is 170 cm³/mol. The summed E-state index contributed by atoms with van der Waals surface area (Å²) in [5.74, 6) is -0.638. The number of amides is 1. The van der Waals surface area contributed by atoms with Crippen LogP contribution in [-0.4, -0.2) is 67.6 Å². The van der Waals surface area contributed by atoms with Crippen LogP contribution < -0.4 is 20.3 Å². The molecule has 2 aliphatic heterocycles. The van der Waals surface area contributed by atoms with Gasteiger partial charge in [-0.3, -0.25) is 9.78 Å². The number of rotatable bonds is 8. The third-order valence-corrected chi connectivity index (χ3v) is 9.44. The number of ether oxygens (including phenoxy) is 1. The third-order valence-electron chi connectivity index (χ3n) is 8.29. The fraction of sp³-hybridized carbons (Fsp3) is 0.250. The van der Waals surface area contributed by atoms with E-state index in [0.717, 1.165) is 30.4 Å². The molecule has 4 heterocycles. The van der Waals surface area contributed by atoms with Gasteiger partial charge in [0.05, 0.1) is 16.8 Å². The number of nitrogens with zero attached hydrogens (tertiary/aromatic N) is 4. The largest absolute Gasteiger partial charge is 0.462 e. The minimum absolute atomic E-state index is 0.0368. The van der Waals surface area contributed by atoms with Gasteiger partial charge in [0.2, 0.25) is 0 Å². The summed E-state index contributed by atoms with van der Waals surface area (Å²) in [6, 6.07) is 15.9. The van der Waals surface area contributed by atoms with E-state index in [-0.39, 0.29) is 48.0 Å². The Labute approximate surface area is 268 Å². The molecule has 0 unspecified atom stereocenters. The topological polar surface area (TPSA) is 126 Å². The Morgan fingerprint density at radius 2 is 1.76 bits per heavy atom. The van der Waals surface area contributed by atoms with E-state index < -0.39 is 26.8 Å². The van der Waals surface area contributed by atoms with Gasteiger partial charge in [-0.1, -0.05) is 41.9 Å². The van der Waals surface area contributed by atoms with Gasteiger partial charge in [0.25, 0.3) is 5.91 Å². The molecule has 2 N–H and O–H groups in total. The van der Waals surface area contributed by atoms with Gasteiger partial charge in [0.15, 0.2) is 5.82 Å². The highest BCUT2D eigenvalue weighted by Crippen LogP contribution is 2.38. The normalized spacial score (nSPS) is 17.8. The molecule has 2 atom stereocenters. The van der Waals surface area contributed by atoms with Crippen LogP contribution in [-0.2, 0) is 10.2 Å². The summed E-state index contributed by atoms with van der Waals surface area (Å²) < 4.78 is 57.6. The van der Waals surface area contributed by atoms with Crippen LogP contribution >= 0.6 is 11.6 Å². The van der Waals surface area contributed by atoms with Crippen molar-refractivity contribution in [3.8, 4) is 17.3 Å². The summed E-state index contributed by atoms with van der Waals surface area (Å²) in [7, 11) is -4.87. The second-order valence-corrected chi connectivity index (χ2v) is 13.0. The molecule has 2 saturated heterocycles. The zero-order valence-corrected chi connectivity index (χ0v) is 25.8. The van der Waals surface area contributed by atoms with Crippen molar-refractivity contribution < 1.29 is 26.2 Å². The molecule has 2 aromatic heterocycles. The molecular weight excluding hydrogens is 638 g/mol. The molecule has 2 bridgehead atoms. The van der Waals surface area contributed by atoms with Gasteiger partial charge in [-0.2, -0.15) is 18.4 Å². The number of fused-ring (bicyclic) bond motifs is 4. The molecule has 0 saturated carbocycles. The van der Waals surface area contributed by atoms with Crippen LogP contribution in [0.5, 0.6) is 6.01 Å². The lowest BCUT2D eigenvalue weighted by Gasteiger charge is -2.34. The number of carbonyl (C=O) groups is 1. The number of hydrogen-bond donors (Lipinski definition) is 2. The fourth-order valence-corrected chi connectivity index (χ4v) is 6.90. The lowest BCUT2D eigenvalue weighted by Crippen LogP contribution is -2.51. The van der Waals surface area contributed by atoms with Gasteiger partial charge in [-0.05, 0) is 48.6 Å². The van der Waals surface area contributed by atoms with Gasteiger partial charge in [-0.25, -0.2) is 4.39 Å². The number of benzene rings is 3. The Bertz CT molecular complexity index is 2080. The van der Waals surface area contributed by atoms with Crippen molar-refractivity contribution in [2.45, 2.75) is 29.8 Å². The minimum atomic E-state index is -4.87. The van der Waals surface area contributed by atoms with E-state index in [1.165, 1.54) is 12.1 Å². The molecule has 10 nitrogen and oxygen atoms in total. The van der Waals surface area contributed by atoms with E-state index in [2.05, 4.69) is 30.5 Å². The van der Waals surface area contributed by atoms with E-state index in [0.29, 0.717) is 40.3 Å². The Morgan fingerprint density at radius 3 is 2.48 bits per heavy atom. The molecule has 2 fully saturated rings. The number of halogens is 3. The molecule has 1 amide bonds. The van der Waals surface area contributed by atoms with Crippen LogP contribution in [0.2, 0.25) is 5.02 Å². The number of hydrogen-bond acceptors (Lipinski definition) is 9. The number of nitrogens with one attached hydrogen (secondary N) is 2. The maximum absolute atomic E-state index is 16.5. The molecular formula is C32H27ClF2N6O4S. The van der Waals surface area contributed by atoms with Crippen LogP contribution in [0.4, 0.5) is 14.1 Å². The Hall–Kier alpha value is -4.46. The Morgan fingerprint density at radius 1 is 1.04 bits per heavy atom. The zero-order chi connectivity index (χ0) is 32.0. The Balaban J connectivity index is 1.19. The number of piperazine rings is 1. The molecule has 3 aromatic carbocycles. The second-order valence-electron chi connectivity index (χ2n) is 11.3. The minimum Gasteiger partial charge on any atom is -0.462 e. The van der Waals surface area contributed by atoms with E-state index >= 15 is 4.39 Å². The summed E-state index contributed by atoms with van der Waals surface area (Å²) in [5.41, 5.74) is 0.818. The summed E-state index contributed by atoms with van der Waals surface area (Å²) in [6.07, 6.45) is 3.67. The molecule has 46 heavy (non-hydrogen) atoms. The zero-order valence-electron chi connectivity index (χ0n) is 24.2. The van der Waals surface area contributed by atoms with Crippen molar-refractivity contribution >= 4 is 55.2 Å². The highest BCUT2D eigenvalue weighted by atomic mass is 35.5. The lowest BCUT2D eigenvalue weighted by molar-refractivity contribution is 0.0946. The van der Waals surface area contributed by atoms with E-state index in [1.807, 2.05) is 24.3 Å². The number of aromatic nitrogens is 3. The third kappa shape index (κ3) is 5.81. The number of pyridine rings is 1. The number of anilines is 1. The van der Waals surface area contributed by atoms with E-state index in [4.69, 9.17) is 16.3 Å². The smallest absolute Gasteiger partial charge is 0.332 e. The van der Waals surface area contributed by atoms with Crippen molar-refractivity contribution in [2.24, 2.45) is 0 Å². The van der Waals surface area contributed by atoms with Crippen molar-refractivity contribution in [2.75, 3.05) is 31.1 Å². The van der Waals surface area contributed by atoms with Crippen LogP contribution in [0.25, 0.3) is 32.9 Å². The number of carbonyl (C=O) groups excluding carboxylic acids is 1. The lowest BCUT2D eigenvalue weighted by atomic mass is 10.0. The summed E-state index contributed by atoms with van der Waals surface area (Å²) in [5, 5.41) is 8.69. The monoisotopic (exact) mass is 664 g/mol. The van der Waals surface area contributed by atoms with Crippen LogP contribution in [0.1, 0.15) is 23.2 Å². The molecule has 5 aromatic rings. The molecule has 0 radical (unpaired) electrons. The summed E-state index contributed by atoms with van der Waals surface area (Å²) in [4.78, 5) is 27.8. The first-order chi connectivity index (χ1) is 22.2. The molecule has 236 valence electrons. The summed E-state index contributed by atoms with van der Waals surface area (Å²) in [6.45, 7) is 1.36. The average Bonchev–Trinajstić information content (AvgIpc) is 3.39. The van der Waals surface area contributed by atoms with Gasteiger partial charge >= 0.3 is 16.2 Å². The standard InChI is InChI=1S/C32H27ClF2N6O4S/c33-25-6-2-4-18-3-1-5-23(26(18)25)28-27(34)29-24(15-37-28)30(41-16-20-9-10-21(17-41)38-20)40-32(39-29)45-14-13-36-31(42)19-7-11-22(12-8-19)46(35,43)44/h1-8,11-12,15,20-21,38H,9-10,13-14,16-17H2,(H,36,42)/t20-,21+. The SMILES string of the molecule is O=C(NCCOc1nc(N2C[C@H]3CC[C@@H](C2)N3)c2cnc(-c3cccc4cccc(Cl)c34)c(F)c2n1)c1ccc(S(=O)(=O)F)cc1. The second kappa shape index (κ2) is 12.0. The van der Waals surface area contributed by atoms with E-state index in [1.54, 1.807) is 18.3 Å². The van der Waals surface area contributed by atoms with Crippen molar-refractivity contribution in [3.63, 3.8) is 0 Å². The molecule has 0 aliphatic carbocycles. The van der Waals surface area contributed by atoms with Crippen LogP contribution in [0, 0.1) is 5.82 Å². The quantitative estimate of drug-likeness (QED) is 0.173. The van der Waals surface area contributed by atoms with Crippen molar-refractivity contribution in [1.29, 1.82) is 0 Å². The first kappa shape index (κ1) is 30.2. The highest BCUT2D eigenvalue weighted by molar-refractivity contribution is 7.86. The van der Waals surface area contributed by atoms with Gasteiger partial charge in [0.1, 0.15) is 23.6 Å². The first-order valence-corrected chi connectivity index (χ1v) is 16.4. The Kier molecular flexibility index (Phi) is 7.91. The van der Waals surface area contributed by atoms with Gasteiger partial charge in [0, 0.05) is 52.9 Å². The maximum atomic E-state index is 16.5. The van der Waals surface area contributed by atoms with Crippen molar-refractivity contribution in [3.05, 3.63) is 83.3 Å². The molecule has 0 spiro atoms. The average molecular weight is 665 g/mol. The van der Waals surface area contributed by atoms with Crippen molar-refractivity contribution in [1.82, 2.24) is 25.6 Å². The first-order valence-electron chi connectivity index (χ1n) is 14.7. The summed E-state index contributed by atoms with van der Waals surface area (Å²) >= 11 is 6.55. The van der Waals surface area contributed by atoms with Crippen LogP contribution in [0.15, 0.2) is 71.8 Å². The highest BCUT2D eigenvalue weighted by Gasteiger charge is 2.34. The molecule has 7 rings (SSSR count). The molecule has 14 heteroatoms. The van der Waals surface area contributed by atoms with Gasteiger partial charge < -0.3 is 20.3 Å². The molecule has 2 aliphatic rings. The van der Waals surface area contributed by atoms with Gasteiger partial charge in [-0.15, -0.1) is 3.89 Å². The maximum Gasteiger partial charge on any atom is 0.332 e. The van der Waals surface area contributed by atoms with Crippen LogP contribution in [0.3, 0.4) is 0 Å².